The van der Waals surface area contributed by atoms with Gasteiger partial charge in [0.25, 0.3) is 15.9 Å². The molecule has 1 saturated heterocycles. The number of anilines is 1. The number of phenols is 1. The number of amides is 1. The smallest absolute Gasteiger partial charge is 0.264 e. The second-order valence-electron chi connectivity index (χ2n) is 8.27. The highest BCUT2D eigenvalue weighted by Crippen LogP contribution is 2.31. The monoisotopic (exact) mass is 505 g/mol. The molecule has 0 aliphatic carbocycles. The molecule has 0 unspecified atom stereocenters. The summed E-state index contributed by atoms with van der Waals surface area (Å²) >= 11 is 0. The fraction of sp³-hybridized carbons (Fsp3) is 0.154. The molecule has 36 heavy (non-hydrogen) atoms. The zero-order chi connectivity index (χ0) is 25.3. The van der Waals surface area contributed by atoms with Gasteiger partial charge in [-0.05, 0) is 42.5 Å². The second kappa shape index (κ2) is 9.38. The summed E-state index contributed by atoms with van der Waals surface area (Å²) in [5.41, 5.74) is 0.514. The minimum Gasteiger partial charge on any atom is -0.506 e. The van der Waals surface area contributed by atoms with Crippen LogP contribution >= 0.6 is 0 Å². The fourth-order valence-electron chi connectivity index (χ4n) is 4.00. The number of nitrogens with zero attached hydrogens (tertiary/aromatic N) is 2. The zero-order valence-electron chi connectivity index (χ0n) is 19.3. The van der Waals surface area contributed by atoms with Crippen molar-refractivity contribution >= 4 is 32.5 Å². The average Bonchev–Trinajstić information content (AvgIpc) is 2.86. The highest BCUT2D eigenvalue weighted by Gasteiger charge is 2.33. The highest BCUT2D eigenvalue weighted by atomic mass is 32.2. The van der Waals surface area contributed by atoms with Gasteiger partial charge in [0.15, 0.2) is 11.5 Å². The molecule has 0 radical (unpaired) electrons. The van der Waals surface area contributed by atoms with E-state index in [-0.39, 0.29) is 33.9 Å². The molecule has 1 amide bonds. The van der Waals surface area contributed by atoms with Gasteiger partial charge < -0.3 is 19.5 Å². The van der Waals surface area contributed by atoms with E-state index in [9.17, 15) is 18.3 Å². The zero-order valence-corrected chi connectivity index (χ0v) is 20.1. The molecule has 2 heterocycles. The maximum absolute atomic E-state index is 13.0. The minimum atomic E-state index is -4.04. The van der Waals surface area contributed by atoms with Gasteiger partial charge in [-0.15, -0.1) is 0 Å². The Morgan fingerprint density at radius 1 is 1.03 bits per heavy atom. The third-order valence-corrected chi connectivity index (χ3v) is 7.27. The van der Waals surface area contributed by atoms with E-state index >= 15 is 0 Å². The summed E-state index contributed by atoms with van der Waals surface area (Å²) in [4.78, 5) is 18.6. The number of phenolic OH excluding ortho intramolecular Hbond substituents is 1. The lowest BCUT2D eigenvalue weighted by atomic mass is 10.1. The Kier molecular flexibility index (Phi) is 6.11. The van der Waals surface area contributed by atoms with Gasteiger partial charge in [-0.1, -0.05) is 30.3 Å². The number of benzene rings is 3. The Hall–Kier alpha value is -4.31. The SMILES string of the molecule is COc1ccccc1OC1CN(C(=O)c2ccc(NS(=O)(=O)c3cccc4cccnc34)c(O)c2)C1. The van der Waals surface area contributed by atoms with Gasteiger partial charge in [-0.25, -0.2) is 8.42 Å². The normalized spacial score (nSPS) is 13.8. The van der Waals surface area contributed by atoms with E-state index in [4.69, 9.17) is 9.47 Å². The van der Waals surface area contributed by atoms with Gasteiger partial charge in [0.1, 0.15) is 16.7 Å². The van der Waals surface area contributed by atoms with Crippen molar-refractivity contribution in [2.45, 2.75) is 11.0 Å². The van der Waals surface area contributed by atoms with Gasteiger partial charge in [-0.2, -0.15) is 0 Å². The van der Waals surface area contributed by atoms with E-state index in [1.165, 1.54) is 30.5 Å². The standard InChI is InChI=1S/C26H23N3O6S/c1-34-22-8-2-3-9-23(22)35-19-15-29(16-19)26(31)18-11-12-20(21(30)14-18)28-36(32,33)24-10-4-6-17-7-5-13-27-25(17)24/h2-14,19,28,30H,15-16H2,1H3. The van der Waals surface area contributed by atoms with Crippen molar-refractivity contribution in [3.8, 4) is 17.2 Å². The topological polar surface area (TPSA) is 118 Å². The number of sulfonamides is 1. The summed E-state index contributed by atoms with van der Waals surface area (Å²) in [5, 5.41) is 11.2. The lowest BCUT2D eigenvalue weighted by Crippen LogP contribution is -2.56. The van der Waals surface area contributed by atoms with E-state index in [0.717, 1.165) is 0 Å². The first-order valence-electron chi connectivity index (χ1n) is 11.1. The summed E-state index contributed by atoms with van der Waals surface area (Å²) in [6, 6.07) is 19.7. The number of para-hydroxylation sites is 3. The van der Waals surface area contributed by atoms with Gasteiger partial charge in [-0.3, -0.25) is 14.5 Å². The van der Waals surface area contributed by atoms with Crippen LogP contribution in [0, 0.1) is 0 Å². The molecule has 5 rings (SSSR count). The van der Waals surface area contributed by atoms with Crippen molar-refractivity contribution in [3.05, 3.63) is 84.6 Å². The molecule has 9 nitrogen and oxygen atoms in total. The number of fused-ring (bicyclic) bond motifs is 1. The van der Waals surface area contributed by atoms with E-state index in [2.05, 4.69) is 9.71 Å². The molecular formula is C26H23N3O6S. The lowest BCUT2D eigenvalue weighted by Gasteiger charge is -2.39. The molecule has 0 bridgehead atoms. The van der Waals surface area contributed by atoms with Crippen molar-refractivity contribution < 1.29 is 27.8 Å². The van der Waals surface area contributed by atoms with E-state index in [1.807, 2.05) is 12.1 Å². The first-order chi connectivity index (χ1) is 17.4. The number of ether oxygens (including phenoxy) is 2. The Morgan fingerprint density at radius 3 is 2.53 bits per heavy atom. The summed E-state index contributed by atoms with van der Waals surface area (Å²) in [7, 11) is -2.48. The van der Waals surface area contributed by atoms with Crippen LogP contribution in [0.1, 0.15) is 10.4 Å². The van der Waals surface area contributed by atoms with Crippen molar-refractivity contribution in [2.75, 3.05) is 24.9 Å². The van der Waals surface area contributed by atoms with E-state index < -0.39 is 10.0 Å². The van der Waals surface area contributed by atoms with Crippen LogP contribution in [0.4, 0.5) is 5.69 Å². The largest absolute Gasteiger partial charge is 0.506 e. The summed E-state index contributed by atoms with van der Waals surface area (Å²) < 4.78 is 39.6. The van der Waals surface area contributed by atoms with Crippen molar-refractivity contribution in [1.29, 1.82) is 0 Å². The molecule has 4 aromatic rings. The third-order valence-electron chi connectivity index (χ3n) is 5.87. The molecule has 0 atom stereocenters. The van der Waals surface area contributed by atoms with Crippen molar-refractivity contribution in [3.63, 3.8) is 0 Å². The number of hydrogen-bond acceptors (Lipinski definition) is 7. The molecule has 10 heteroatoms. The van der Waals surface area contributed by atoms with Crippen LogP contribution in [0.3, 0.4) is 0 Å². The predicted molar refractivity (Wildman–Crippen MR) is 134 cm³/mol. The first-order valence-corrected chi connectivity index (χ1v) is 12.6. The Bertz CT molecular complexity index is 1550. The van der Waals surface area contributed by atoms with Crippen LogP contribution in [0.2, 0.25) is 0 Å². The first kappa shape index (κ1) is 23.4. The van der Waals surface area contributed by atoms with Crippen LogP contribution in [0.25, 0.3) is 10.9 Å². The average molecular weight is 506 g/mol. The number of aromatic hydroxyl groups is 1. The molecular weight excluding hydrogens is 482 g/mol. The number of aromatic nitrogens is 1. The van der Waals surface area contributed by atoms with Crippen LogP contribution in [-0.2, 0) is 10.0 Å². The summed E-state index contributed by atoms with van der Waals surface area (Å²) in [5.74, 6) is 0.565. The van der Waals surface area contributed by atoms with Crippen LogP contribution in [0.15, 0.2) is 83.9 Å². The molecule has 1 aromatic heterocycles. The van der Waals surface area contributed by atoms with E-state index in [1.54, 1.807) is 48.4 Å². The number of carbonyl (C=O) groups excluding carboxylic acids is 1. The van der Waals surface area contributed by atoms with Crippen LogP contribution in [0.5, 0.6) is 17.2 Å². The molecule has 3 aromatic carbocycles. The van der Waals surface area contributed by atoms with Crippen LogP contribution in [-0.4, -0.2) is 55.6 Å². The van der Waals surface area contributed by atoms with Gasteiger partial charge in [0.2, 0.25) is 0 Å². The lowest BCUT2D eigenvalue weighted by molar-refractivity contribution is 0.0168. The number of methoxy groups -OCH3 is 1. The number of nitrogens with one attached hydrogen (secondary N) is 1. The Morgan fingerprint density at radius 2 is 1.78 bits per heavy atom. The van der Waals surface area contributed by atoms with Gasteiger partial charge in [0.05, 0.1) is 31.4 Å². The number of rotatable bonds is 7. The maximum Gasteiger partial charge on any atom is 0.264 e. The quantitative estimate of drug-likeness (QED) is 0.368. The molecule has 1 aliphatic heterocycles. The molecule has 1 fully saturated rings. The number of hydrogen-bond donors (Lipinski definition) is 2. The summed E-state index contributed by atoms with van der Waals surface area (Å²) in [6.45, 7) is 0.750. The predicted octanol–water partition coefficient (Wildman–Crippen LogP) is 3.65. The number of likely N-dealkylation sites (tertiary alicyclic amines) is 1. The fourth-order valence-corrected chi connectivity index (χ4v) is 5.26. The number of carbonyl (C=O) groups is 1. The third kappa shape index (κ3) is 4.50. The summed E-state index contributed by atoms with van der Waals surface area (Å²) in [6.07, 6.45) is 1.33. The van der Waals surface area contributed by atoms with Gasteiger partial charge in [0, 0.05) is 17.1 Å². The number of pyridine rings is 1. The maximum atomic E-state index is 13.0. The minimum absolute atomic E-state index is 0.0122. The van der Waals surface area contributed by atoms with Crippen molar-refractivity contribution in [2.24, 2.45) is 0 Å². The second-order valence-corrected chi connectivity index (χ2v) is 9.92. The van der Waals surface area contributed by atoms with E-state index in [0.29, 0.717) is 35.5 Å². The molecule has 1 aliphatic rings. The molecule has 0 spiro atoms. The molecule has 0 saturated carbocycles. The Labute approximate surface area is 208 Å². The highest BCUT2D eigenvalue weighted by molar-refractivity contribution is 7.93. The van der Waals surface area contributed by atoms with Crippen molar-refractivity contribution in [1.82, 2.24) is 9.88 Å². The van der Waals surface area contributed by atoms with Gasteiger partial charge >= 0.3 is 0 Å². The molecule has 2 N–H and O–H groups in total. The Balaban J connectivity index is 1.27. The van der Waals surface area contributed by atoms with Crippen LogP contribution < -0.4 is 14.2 Å². The molecule has 184 valence electrons.